The highest BCUT2D eigenvalue weighted by Crippen LogP contribution is 2.35. The van der Waals surface area contributed by atoms with Gasteiger partial charge in [0.25, 0.3) is 5.91 Å². The van der Waals surface area contributed by atoms with Crippen LogP contribution in [-0.2, 0) is 10.7 Å². The van der Waals surface area contributed by atoms with Crippen molar-refractivity contribution < 1.29 is 23.4 Å². The highest BCUT2D eigenvalue weighted by molar-refractivity contribution is 5.85. The van der Waals surface area contributed by atoms with Crippen LogP contribution in [0.5, 0.6) is 5.75 Å². The van der Waals surface area contributed by atoms with Gasteiger partial charge >= 0.3 is 5.92 Å². The monoisotopic (exact) mass is 327 g/mol. The summed E-state index contributed by atoms with van der Waals surface area (Å²) in [5.41, 5.74) is -0.463. The van der Waals surface area contributed by atoms with Crippen molar-refractivity contribution in [1.29, 1.82) is 0 Å². The van der Waals surface area contributed by atoms with Crippen molar-refractivity contribution >= 4 is 5.91 Å². The molecule has 2 N–H and O–H groups in total. The first-order valence-electron chi connectivity index (χ1n) is 8.03. The minimum Gasteiger partial charge on any atom is -0.493 e. The van der Waals surface area contributed by atoms with Gasteiger partial charge in [-0.3, -0.25) is 4.79 Å². The number of para-hydroxylation sites is 1. The molecule has 0 saturated heterocycles. The van der Waals surface area contributed by atoms with E-state index in [0.29, 0.717) is 0 Å². The molecule has 1 aromatic carbocycles. The number of hydrogen-bond acceptors (Lipinski definition) is 3. The predicted octanol–water partition coefficient (Wildman–Crippen LogP) is 2.84. The smallest absolute Gasteiger partial charge is 0.353 e. The minimum atomic E-state index is -3.71. The molecule has 1 atom stereocenters. The largest absolute Gasteiger partial charge is 0.493 e. The fourth-order valence-electron chi connectivity index (χ4n) is 2.95. The summed E-state index contributed by atoms with van der Waals surface area (Å²) in [7, 11) is 0. The Morgan fingerprint density at radius 3 is 2.70 bits per heavy atom. The van der Waals surface area contributed by atoms with Gasteiger partial charge in [0.15, 0.2) is 0 Å². The molecule has 2 rings (SSSR count). The van der Waals surface area contributed by atoms with Crippen molar-refractivity contribution in [3.63, 3.8) is 0 Å². The van der Waals surface area contributed by atoms with Crippen LogP contribution in [0, 0.1) is 5.92 Å². The number of ether oxygens (including phenoxy) is 1. The summed E-state index contributed by atoms with van der Waals surface area (Å²) in [5.74, 6) is -5.05. The molecule has 0 heterocycles. The zero-order valence-corrected chi connectivity index (χ0v) is 13.2. The third kappa shape index (κ3) is 4.19. The third-order valence-electron chi connectivity index (χ3n) is 4.23. The van der Waals surface area contributed by atoms with E-state index < -0.39 is 23.5 Å². The van der Waals surface area contributed by atoms with E-state index in [9.17, 15) is 18.7 Å². The number of aliphatic hydroxyl groups is 1. The van der Waals surface area contributed by atoms with Gasteiger partial charge in [0.2, 0.25) is 0 Å². The van der Waals surface area contributed by atoms with Crippen LogP contribution in [0.1, 0.15) is 38.2 Å². The number of rotatable bonds is 7. The van der Waals surface area contributed by atoms with Crippen LogP contribution in [0.3, 0.4) is 0 Å². The lowest BCUT2D eigenvalue weighted by molar-refractivity contribution is -0.147. The van der Waals surface area contributed by atoms with E-state index in [4.69, 9.17) is 4.74 Å². The molecule has 1 amide bonds. The molecular formula is C17H23F2NO3. The maximum Gasteiger partial charge on any atom is 0.353 e. The van der Waals surface area contributed by atoms with Crippen LogP contribution < -0.4 is 10.1 Å². The van der Waals surface area contributed by atoms with E-state index in [1.807, 2.05) is 0 Å². The Balaban J connectivity index is 2.02. The molecule has 1 unspecified atom stereocenters. The molecular weight excluding hydrogens is 304 g/mol. The predicted molar refractivity (Wildman–Crippen MR) is 82.5 cm³/mol. The van der Waals surface area contributed by atoms with E-state index in [-0.39, 0.29) is 24.8 Å². The molecule has 0 radical (unpaired) electrons. The number of carbonyl (C=O) groups excluding carboxylic acids is 1. The van der Waals surface area contributed by atoms with Gasteiger partial charge < -0.3 is 15.2 Å². The van der Waals surface area contributed by atoms with Crippen LogP contribution in [0.4, 0.5) is 8.78 Å². The topological polar surface area (TPSA) is 58.6 Å². The van der Waals surface area contributed by atoms with Crippen LogP contribution >= 0.6 is 0 Å². The molecule has 0 aliphatic heterocycles. The summed E-state index contributed by atoms with van der Waals surface area (Å²) in [4.78, 5) is 11.9. The molecule has 1 aliphatic rings. The van der Waals surface area contributed by atoms with Crippen molar-refractivity contribution in [3.8, 4) is 5.75 Å². The molecule has 1 aromatic rings. The highest BCUT2D eigenvalue weighted by Gasteiger charge is 2.43. The van der Waals surface area contributed by atoms with Gasteiger partial charge in [-0.2, -0.15) is 8.78 Å². The van der Waals surface area contributed by atoms with Crippen molar-refractivity contribution in [2.75, 3.05) is 13.2 Å². The first-order valence-corrected chi connectivity index (χ1v) is 8.03. The zero-order chi connectivity index (χ0) is 16.9. The Kier molecular flexibility index (Phi) is 5.93. The molecule has 6 heteroatoms. The maximum absolute atomic E-state index is 14.4. The summed E-state index contributed by atoms with van der Waals surface area (Å²) in [6.45, 7) is 1.76. The molecule has 1 fully saturated rings. The van der Waals surface area contributed by atoms with Gasteiger partial charge in [0.05, 0.1) is 18.3 Å². The number of nitrogens with one attached hydrogen (secondary N) is 1. The van der Waals surface area contributed by atoms with Crippen LogP contribution in [0.25, 0.3) is 0 Å². The second-order valence-electron chi connectivity index (χ2n) is 5.83. The zero-order valence-electron chi connectivity index (χ0n) is 13.2. The molecule has 23 heavy (non-hydrogen) atoms. The minimum absolute atomic E-state index is 0.00788. The van der Waals surface area contributed by atoms with E-state index in [0.717, 1.165) is 25.7 Å². The summed E-state index contributed by atoms with van der Waals surface area (Å²) in [6.07, 6.45) is 3.04. The lowest BCUT2D eigenvalue weighted by Crippen LogP contribution is -2.43. The summed E-state index contributed by atoms with van der Waals surface area (Å²) >= 11 is 0. The van der Waals surface area contributed by atoms with E-state index in [1.54, 1.807) is 13.0 Å². The third-order valence-corrected chi connectivity index (χ3v) is 4.23. The maximum atomic E-state index is 14.4. The molecule has 4 nitrogen and oxygen atoms in total. The van der Waals surface area contributed by atoms with E-state index in [2.05, 4.69) is 5.32 Å². The number of carbonyl (C=O) groups is 1. The first-order chi connectivity index (χ1) is 11.0. The van der Waals surface area contributed by atoms with Gasteiger partial charge in [-0.25, -0.2) is 0 Å². The second-order valence-corrected chi connectivity index (χ2v) is 5.83. The van der Waals surface area contributed by atoms with E-state index in [1.165, 1.54) is 18.2 Å². The normalized spacial score (nSPS) is 17.0. The number of alkyl halides is 2. The Hall–Kier alpha value is -1.69. The summed E-state index contributed by atoms with van der Waals surface area (Å²) in [6, 6.07) is 5.60. The van der Waals surface area contributed by atoms with Gasteiger partial charge in [-0.1, -0.05) is 25.0 Å². The van der Waals surface area contributed by atoms with Crippen molar-refractivity contribution in [1.82, 2.24) is 5.32 Å². The average Bonchev–Trinajstić information content (AvgIpc) is 3.07. The molecule has 0 aromatic heterocycles. The lowest BCUT2D eigenvalue weighted by atomic mass is 10.0. The highest BCUT2D eigenvalue weighted by atomic mass is 19.3. The number of aliphatic hydroxyl groups excluding tert-OH is 1. The van der Waals surface area contributed by atoms with Crippen LogP contribution in [0.15, 0.2) is 24.3 Å². The molecule has 1 aliphatic carbocycles. The van der Waals surface area contributed by atoms with E-state index >= 15 is 0 Å². The summed E-state index contributed by atoms with van der Waals surface area (Å²) < 4.78 is 33.9. The van der Waals surface area contributed by atoms with Gasteiger partial charge in [-0.15, -0.1) is 0 Å². The Morgan fingerprint density at radius 2 is 2.04 bits per heavy atom. The molecule has 0 bridgehead atoms. The molecule has 128 valence electrons. The fraction of sp³-hybridized carbons (Fsp3) is 0.588. The van der Waals surface area contributed by atoms with Crippen molar-refractivity contribution in [2.45, 2.75) is 44.6 Å². The fourth-order valence-corrected chi connectivity index (χ4v) is 2.95. The molecule has 0 spiro atoms. The van der Waals surface area contributed by atoms with Crippen molar-refractivity contribution in [3.05, 3.63) is 29.8 Å². The number of hydrogen-bond donors (Lipinski definition) is 2. The van der Waals surface area contributed by atoms with Gasteiger partial charge in [0, 0.05) is 6.54 Å². The first kappa shape index (κ1) is 17.7. The number of amides is 1. The second kappa shape index (κ2) is 7.73. The standard InChI is InChI=1S/C17H23F2NO3/c1-2-23-15-10-6-5-9-13(15)17(18,19)16(22)20-11-14(21)12-7-3-4-8-12/h5-6,9-10,12,14,21H,2-4,7-8,11H2,1H3,(H,20,22). The van der Waals surface area contributed by atoms with Crippen LogP contribution in [-0.4, -0.2) is 30.3 Å². The van der Waals surface area contributed by atoms with Crippen LogP contribution in [0.2, 0.25) is 0 Å². The lowest BCUT2D eigenvalue weighted by Gasteiger charge is -2.22. The van der Waals surface area contributed by atoms with Gasteiger partial charge in [-0.05, 0) is 37.8 Å². The quantitative estimate of drug-likeness (QED) is 0.810. The number of benzene rings is 1. The Morgan fingerprint density at radius 1 is 1.39 bits per heavy atom. The van der Waals surface area contributed by atoms with Crippen molar-refractivity contribution in [2.24, 2.45) is 5.92 Å². The van der Waals surface area contributed by atoms with Gasteiger partial charge in [0.1, 0.15) is 5.75 Å². The Bertz CT molecular complexity index is 530. The molecule has 1 saturated carbocycles. The Labute approximate surface area is 134 Å². The number of halogens is 2. The average molecular weight is 327 g/mol. The SMILES string of the molecule is CCOc1ccccc1C(F)(F)C(=O)NCC(O)C1CCCC1. The summed E-state index contributed by atoms with van der Waals surface area (Å²) in [5, 5.41) is 12.2.